The quantitative estimate of drug-likeness (QED) is 0.250. The van der Waals surface area contributed by atoms with Gasteiger partial charge in [0.1, 0.15) is 34.0 Å². The molecule has 2 aromatic heterocycles. The number of aromatic nitrogens is 2. The van der Waals surface area contributed by atoms with Crippen molar-refractivity contribution in [2.45, 2.75) is 13.8 Å². The molecule has 2 amide bonds. The van der Waals surface area contributed by atoms with Crippen molar-refractivity contribution in [1.29, 1.82) is 0 Å². The van der Waals surface area contributed by atoms with E-state index in [1.165, 1.54) is 0 Å². The van der Waals surface area contributed by atoms with Crippen molar-refractivity contribution in [3.8, 4) is 22.5 Å². The van der Waals surface area contributed by atoms with Gasteiger partial charge in [0.25, 0.3) is 11.8 Å². The van der Waals surface area contributed by atoms with Crippen molar-refractivity contribution in [3.05, 3.63) is 79.1 Å². The van der Waals surface area contributed by atoms with Crippen LogP contribution in [0, 0.1) is 13.8 Å². The van der Waals surface area contributed by atoms with Crippen LogP contribution in [0.15, 0.2) is 45.4 Å². The first-order chi connectivity index (χ1) is 17.2. The van der Waals surface area contributed by atoms with Crippen LogP contribution in [0.5, 0.6) is 0 Å². The molecule has 4 aromatic rings. The van der Waals surface area contributed by atoms with E-state index in [0.29, 0.717) is 42.7 Å². The van der Waals surface area contributed by atoms with Gasteiger partial charge in [0.05, 0.1) is 20.1 Å². The first kappa shape index (κ1) is 26.0. The zero-order valence-electron chi connectivity index (χ0n) is 18.9. The molecular weight excluding hydrogens is 550 g/mol. The van der Waals surface area contributed by atoms with Gasteiger partial charge in [-0.2, -0.15) is 0 Å². The molecule has 0 fully saturated rings. The lowest BCUT2D eigenvalue weighted by atomic mass is 10.1. The Bertz CT molecular complexity index is 1310. The van der Waals surface area contributed by atoms with Gasteiger partial charge in [-0.05, 0) is 38.1 Å². The molecule has 0 saturated carbocycles. The SMILES string of the molecule is Cc1onc(-c2c(Cl)cccc2Cl)c1C(=O)NCCNC(=O)c1c(-c2c(Cl)cccc2Cl)noc1C. The summed E-state index contributed by atoms with van der Waals surface area (Å²) in [5, 5.41) is 14.7. The highest BCUT2D eigenvalue weighted by Gasteiger charge is 2.26. The van der Waals surface area contributed by atoms with E-state index in [-0.39, 0.29) is 35.6 Å². The Kier molecular flexibility index (Phi) is 7.90. The molecule has 0 bridgehead atoms. The van der Waals surface area contributed by atoms with Crippen molar-refractivity contribution < 1.29 is 18.6 Å². The summed E-state index contributed by atoms with van der Waals surface area (Å²) in [6, 6.07) is 9.93. The third kappa shape index (κ3) is 5.08. The van der Waals surface area contributed by atoms with Crippen LogP contribution in [0.1, 0.15) is 32.2 Å². The Labute approximate surface area is 225 Å². The fourth-order valence-corrected chi connectivity index (χ4v) is 4.75. The number of amides is 2. The molecule has 0 spiro atoms. The Morgan fingerprint density at radius 2 is 1.03 bits per heavy atom. The highest BCUT2D eigenvalue weighted by atomic mass is 35.5. The maximum atomic E-state index is 12.9. The molecule has 8 nitrogen and oxygen atoms in total. The third-order valence-electron chi connectivity index (χ3n) is 5.27. The number of nitrogens with zero attached hydrogens (tertiary/aromatic N) is 2. The first-order valence-electron chi connectivity index (χ1n) is 10.6. The molecule has 0 aliphatic heterocycles. The molecule has 4 rings (SSSR count). The van der Waals surface area contributed by atoms with Crippen LogP contribution in [-0.2, 0) is 0 Å². The molecule has 36 heavy (non-hydrogen) atoms. The Hall–Kier alpha value is -3.04. The van der Waals surface area contributed by atoms with Crippen LogP contribution in [-0.4, -0.2) is 35.2 Å². The minimum Gasteiger partial charge on any atom is -0.360 e. The maximum Gasteiger partial charge on any atom is 0.257 e. The van der Waals surface area contributed by atoms with E-state index in [2.05, 4.69) is 20.9 Å². The second-order valence-corrected chi connectivity index (χ2v) is 9.26. The van der Waals surface area contributed by atoms with Crippen LogP contribution >= 0.6 is 46.4 Å². The number of rotatable bonds is 7. The lowest BCUT2D eigenvalue weighted by Gasteiger charge is -2.10. The monoisotopic (exact) mass is 566 g/mol. The number of hydrogen-bond acceptors (Lipinski definition) is 6. The number of benzene rings is 2. The van der Waals surface area contributed by atoms with Crippen LogP contribution in [0.4, 0.5) is 0 Å². The smallest absolute Gasteiger partial charge is 0.257 e. The van der Waals surface area contributed by atoms with Gasteiger partial charge in [-0.15, -0.1) is 0 Å². The molecule has 0 aliphatic rings. The average Bonchev–Trinajstić information content (AvgIpc) is 3.39. The van der Waals surface area contributed by atoms with Gasteiger partial charge in [0.15, 0.2) is 0 Å². The summed E-state index contributed by atoms with van der Waals surface area (Å²) < 4.78 is 10.5. The number of nitrogens with one attached hydrogen (secondary N) is 2. The number of carbonyl (C=O) groups excluding carboxylic acids is 2. The van der Waals surface area contributed by atoms with Crippen LogP contribution in [0.3, 0.4) is 0 Å². The van der Waals surface area contributed by atoms with E-state index in [1.54, 1.807) is 50.2 Å². The van der Waals surface area contributed by atoms with Crippen molar-refractivity contribution >= 4 is 58.2 Å². The molecule has 2 heterocycles. The summed E-state index contributed by atoms with van der Waals surface area (Å²) in [6.45, 7) is 3.43. The van der Waals surface area contributed by atoms with Gasteiger partial charge >= 0.3 is 0 Å². The maximum absolute atomic E-state index is 12.9. The van der Waals surface area contributed by atoms with Gasteiger partial charge in [-0.3, -0.25) is 9.59 Å². The van der Waals surface area contributed by atoms with Crippen molar-refractivity contribution in [2.24, 2.45) is 0 Å². The number of aryl methyl sites for hydroxylation is 2. The zero-order chi connectivity index (χ0) is 26.0. The lowest BCUT2D eigenvalue weighted by Crippen LogP contribution is -2.35. The van der Waals surface area contributed by atoms with Crippen molar-refractivity contribution in [2.75, 3.05) is 13.1 Å². The van der Waals surface area contributed by atoms with E-state index in [4.69, 9.17) is 55.4 Å². The standard InChI is InChI=1S/C24H18Cl4N4O4/c1-11-17(21(31-35-11)19-13(25)5-3-6-14(19)26)23(33)29-9-10-30-24(34)18-12(2)36-32-22(18)20-15(27)7-4-8-16(20)28/h3-8H,9-10H2,1-2H3,(H,29,33)(H,30,34). The third-order valence-corrected chi connectivity index (χ3v) is 6.53. The van der Waals surface area contributed by atoms with E-state index < -0.39 is 11.8 Å². The number of carbonyl (C=O) groups is 2. The van der Waals surface area contributed by atoms with Crippen molar-refractivity contribution in [1.82, 2.24) is 20.9 Å². The molecule has 0 aliphatic carbocycles. The van der Waals surface area contributed by atoms with Crippen LogP contribution in [0.2, 0.25) is 20.1 Å². The number of hydrogen-bond donors (Lipinski definition) is 2. The molecule has 0 radical (unpaired) electrons. The highest BCUT2D eigenvalue weighted by molar-refractivity contribution is 6.40. The van der Waals surface area contributed by atoms with Gasteiger partial charge in [-0.1, -0.05) is 68.8 Å². The minimum atomic E-state index is -0.460. The molecule has 2 N–H and O–H groups in total. The Morgan fingerprint density at radius 1 is 0.694 bits per heavy atom. The predicted octanol–water partition coefficient (Wildman–Crippen LogP) is 6.39. The summed E-state index contributed by atoms with van der Waals surface area (Å²) in [5.74, 6) is -0.329. The second kappa shape index (κ2) is 10.9. The van der Waals surface area contributed by atoms with Gasteiger partial charge in [0, 0.05) is 24.2 Å². The van der Waals surface area contributed by atoms with Crippen LogP contribution < -0.4 is 10.6 Å². The summed E-state index contributed by atoms with van der Waals surface area (Å²) in [4.78, 5) is 25.8. The Balaban J connectivity index is 1.45. The van der Waals surface area contributed by atoms with E-state index in [1.807, 2.05) is 0 Å². The molecule has 0 unspecified atom stereocenters. The summed E-state index contributed by atoms with van der Waals surface area (Å²) in [6.07, 6.45) is 0. The normalized spacial score (nSPS) is 10.9. The van der Waals surface area contributed by atoms with Gasteiger partial charge in [0.2, 0.25) is 0 Å². The fourth-order valence-electron chi connectivity index (χ4n) is 3.60. The molecular formula is C24H18Cl4N4O4. The topological polar surface area (TPSA) is 110 Å². The van der Waals surface area contributed by atoms with E-state index in [0.717, 1.165) is 0 Å². The zero-order valence-corrected chi connectivity index (χ0v) is 21.9. The molecule has 2 aromatic carbocycles. The van der Waals surface area contributed by atoms with Crippen molar-refractivity contribution in [3.63, 3.8) is 0 Å². The predicted molar refractivity (Wildman–Crippen MR) is 138 cm³/mol. The fraction of sp³-hybridized carbons (Fsp3) is 0.167. The number of halogens is 4. The Morgan fingerprint density at radius 3 is 1.36 bits per heavy atom. The first-order valence-corrected chi connectivity index (χ1v) is 12.1. The average molecular weight is 568 g/mol. The van der Waals surface area contributed by atoms with E-state index in [9.17, 15) is 9.59 Å². The summed E-state index contributed by atoms with van der Waals surface area (Å²) in [5.41, 5.74) is 1.63. The summed E-state index contributed by atoms with van der Waals surface area (Å²) in [7, 11) is 0. The molecule has 0 atom stereocenters. The highest BCUT2D eigenvalue weighted by Crippen LogP contribution is 2.37. The lowest BCUT2D eigenvalue weighted by molar-refractivity contribution is 0.0926. The van der Waals surface area contributed by atoms with Gasteiger partial charge in [-0.25, -0.2) is 0 Å². The molecule has 0 saturated heterocycles. The van der Waals surface area contributed by atoms with E-state index >= 15 is 0 Å². The van der Waals surface area contributed by atoms with Gasteiger partial charge < -0.3 is 19.7 Å². The van der Waals surface area contributed by atoms with Crippen LogP contribution in [0.25, 0.3) is 22.5 Å². The largest absolute Gasteiger partial charge is 0.360 e. The molecule has 12 heteroatoms. The summed E-state index contributed by atoms with van der Waals surface area (Å²) >= 11 is 25.1. The second-order valence-electron chi connectivity index (χ2n) is 7.63. The molecule has 186 valence electrons. The minimum absolute atomic E-state index is 0.109.